The van der Waals surface area contributed by atoms with Crippen LogP contribution >= 0.6 is 0 Å². The standard InChI is InChI=1S/C10H17NO2/c1-2-7-11-8-5-3-4-6-9(11)10(12)13/h2,9H,1,3-8H2,(H,12,13). The Morgan fingerprint density at radius 3 is 2.92 bits per heavy atom. The fourth-order valence-corrected chi connectivity index (χ4v) is 1.83. The fourth-order valence-electron chi connectivity index (χ4n) is 1.83. The van der Waals surface area contributed by atoms with Gasteiger partial charge in [0.2, 0.25) is 0 Å². The molecule has 0 spiro atoms. The van der Waals surface area contributed by atoms with E-state index < -0.39 is 5.97 Å². The molecular formula is C10H17NO2. The van der Waals surface area contributed by atoms with Crippen LogP contribution in [0.4, 0.5) is 0 Å². The molecule has 0 aromatic carbocycles. The van der Waals surface area contributed by atoms with E-state index in [1.807, 2.05) is 4.90 Å². The van der Waals surface area contributed by atoms with E-state index in [0.717, 1.165) is 32.2 Å². The molecule has 0 saturated carbocycles. The van der Waals surface area contributed by atoms with Gasteiger partial charge in [-0.15, -0.1) is 6.58 Å². The molecule has 1 heterocycles. The number of carboxylic acid groups (broad SMARTS) is 1. The first-order valence-electron chi connectivity index (χ1n) is 4.83. The van der Waals surface area contributed by atoms with Crippen molar-refractivity contribution in [3.05, 3.63) is 12.7 Å². The van der Waals surface area contributed by atoms with E-state index in [0.29, 0.717) is 6.54 Å². The van der Waals surface area contributed by atoms with Gasteiger partial charge in [0.1, 0.15) is 6.04 Å². The molecule has 74 valence electrons. The lowest BCUT2D eigenvalue weighted by molar-refractivity contribution is -0.143. The van der Waals surface area contributed by atoms with Crippen LogP contribution in [0.5, 0.6) is 0 Å². The molecule has 1 atom stereocenters. The van der Waals surface area contributed by atoms with Crippen molar-refractivity contribution < 1.29 is 9.90 Å². The zero-order chi connectivity index (χ0) is 9.68. The molecule has 0 radical (unpaired) electrons. The number of rotatable bonds is 3. The predicted molar refractivity (Wildman–Crippen MR) is 51.7 cm³/mol. The van der Waals surface area contributed by atoms with Crippen LogP contribution in [-0.2, 0) is 4.79 Å². The van der Waals surface area contributed by atoms with Gasteiger partial charge in [0.15, 0.2) is 0 Å². The molecule has 1 N–H and O–H groups in total. The summed E-state index contributed by atoms with van der Waals surface area (Å²) in [7, 11) is 0. The summed E-state index contributed by atoms with van der Waals surface area (Å²) in [5.74, 6) is -0.691. The summed E-state index contributed by atoms with van der Waals surface area (Å²) in [6.45, 7) is 5.23. The average Bonchev–Trinajstić information content (AvgIpc) is 2.30. The maximum Gasteiger partial charge on any atom is 0.320 e. The lowest BCUT2D eigenvalue weighted by Crippen LogP contribution is -2.40. The van der Waals surface area contributed by atoms with Crippen molar-refractivity contribution in [2.24, 2.45) is 0 Å². The van der Waals surface area contributed by atoms with Crippen molar-refractivity contribution in [1.29, 1.82) is 0 Å². The van der Waals surface area contributed by atoms with Crippen LogP contribution in [0.2, 0.25) is 0 Å². The van der Waals surface area contributed by atoms with Crippen molar-refractivity contribution in [2.75, 3.05) is 13.1 Å². The second kappa shape index (κ2) is 5.02. The Morgan fingerprint density at radius 1 is 1.54 bits per heavy atom. The van der Waals surface area contributed by atoms with Gasteiger partial charge in [-0.25, -0.2) is 0 Å². The van der Waals surface area contributed by atoms with E-state index in [1.54, 1.807) is 6.08 Å². The molecule has 0 amide bonds. The Labute approximate surface area is 79.0 Å². The zero-order valence-electron chi connectivity index (χ0n) is 7.91. The first-order chi connectivity index (χ1) is 6.25. The molecule has 0 bridgehead atoms. The van der Waals surface area contributed by atoms with Crippen LogP contribution in [0.3, 0.4) is 0 Å². The maximum absolute atomic E-state index is 10.9. The van der Waals surface area contributed by atoms with Gasteiger partial charge in [-0.2, -0.15) is 0 Å². The molecule has 1 aliphatic heterocycles. The minimum Gasteiger partial charge on any atom is -0.480 e. The lowest BCUT2D eigenvalue weighted by atomic mass is 10.1. The topological polar surface area (TPSA) is 40.5 Å². The minimum absolute atomic E-state index is 0.291. The number of hydrogen-bond donors (Lipinski definition) is 1. The summed E-state index contributed by atoms with van der Waals surface area (Å²) in [5.41, 5.74) is 0. The molecule has 1 aliphatic rings. The van der Waals surface area contributed by atoms with Crippen molar-refractivity contribution >= 4 is 5.97 Å². The van der Waals surface area contributed by atoms with Gasteiger partial charge in [0, 0.05) is 6.54 Å². The Bertz CT molecular complexity index is 191. The molecular weight excluding hydrogens is 166 g/mol. The fraction of sp³-hybridized carbons (Fsp3) is 0.700. The summed E-state index contributed by atoms with van der Waals surface area (Å²) in [6, 6.07) is -0.291. The van der Waals surface area contributed by atoms with E-state index in [1.165, 1.54) is 0 Å². The number of carbonyl (C=O) groups is 1. The largest absolute Gasteiger partial charge is 0.480 e. The summed E-state index contributed by atoms with van der Waals surface area (Å²) >= 11 is 0. The first kappa shape index (κ1) is 10.3. The summed E-state index contributed by atoms with van der Waals surface area (Å²) in [5, 5.41) is 8.98. The smallest absolute Gasteiger partial charge is 0.320 e. The number of likely N-dealkylation sites (tertiary alicyclic amines) is 1. The third-order valence-electron chi connectivity index (χ3n) is 2.51. The molecule has 0 aromatic rings. The minimum atomic E-state index is -0.691. The summed E-state index contributed by atoms with van der Waals surface area (Å²) in [4.78, 5) is 12.9. The third kappa shape index (κ3) is 2.84. The van der Waals surface area contributed by atoms with E-state index >= 15 is 0 Å². The molecule has 3 nitrogen and oxygen atoms in total. The normalized spacial score (nSPS) is 25.1. The molecule has 0 aliphatic carbocycles. The quantitative estimate of drug-likeness (QED) is 0.674. The summed E-state index contributed by atoms with van der Waals surface area (Å²) < 4.78 is 0. The van der Waals surface area contributed by atoms with Gasteiger partial charge in [0.05, 0.1) is 0 Å². The Balaban J connectivity index is 2.60. The van der Waals surface area contributed by atoms with Gasteiger partial charge >= 0.3 is 5.97 Å². The van der Waals surface area contributed by atoms with E-state index in [2.05, 4.69) is 6.58 Å². The van der Waals surface area contributed by atoms with Crippen LogP contribution < -0.4 is 0 Å². The molecule has 1 saturated heterocycles. The van der Waals surface area contributed by atoms with Crippen molar-refractivity contribution in [1.82, 2.24) is 4.90 Å². The third-order valence-corrected chi connectivity index (χ3v) is 2.51. The monoisotopic (exact) mass is 183 g/mol. The molecule has 3 heteroatoms. The van der Waals surface area contributed by atoms with Gasteiger partial charge < -0.3 is 5.11 Å². The highest BCUT2D eigenvalue weighted by atomic mass is 16.4. The van der Waals surface area contributed by atoms with Gasteiger partial charge in [-0.05, 0) is 19.4 Å². The summed E-state index contributed by atoms with van der Waals surface area (Å²) in [6.07, 6.45) is 5.85. The van der Waals surface area contributed by atoms with E-state index in [9.17, 15) is 4.79 Å². The predicted octanol–water partition coefficient (Wildman–Crippen LogP) is 1.50. The zero-order valence-corrected chi connectivity index (χ0v) is 7.91. The van der Waals surface area contributed by atoms with Gasteiger partial charge in [-0.3, -0.25) is 9.69 Å². The number of hydrogen-bond acceptors (Lipinski definition) is 2. The van der Waals surface area contributed by atoms with Crippen LogP contribution in [0, 0.1) is 0 Å². The molecule has 0 aromatic heterocycles. The molecule has 1 rings (SSSR count). The van der Waals surface area contributed by atoms with Gasteiger partial charge in [0.25, 0.3) is 0 Å². The van der Waals surface area contributed by atoms with Crippen molar-refractivity contribution in [2.45, 2.75) is 31.7 Å². The molecule has 1 fully saturated rings. The molecule has 13 heavy (non-hydrogen) atoms. The Morgan fingerprint density at radius 2 is 2.31 bits per heavy atom. The van der Waals surface area contributed by atoms with Gasteiger partial charge in [-0.1, -0.05) is 18.9 Å². The number of nitrogens with zero attached hydrogens (tertiary/aromatic N) is 1. The highest BCUT2D eigenvalue weighted by Gasteiger charge is 2.25. The van der Waals surface area contributed by atoms with E-state index in [4.69, 9.17) is 5.11 Å². The van der Waals surface area contributed by atoms with Crippen molar-refractivity contribution in [3.8, 4) is 0 Å². The van der Waals surface area contributed by atoms with Crippen LogP contribution in [0.1, 0.15) is 25.7 Å². The first-order valence-corrected chi connectivity index (χ1v) is 4.83. The van der Waals surface area contributed by atoms with Crippen LogP contribution in [-0.4, -0.2) is 35.1 Å². The number of aliphatic carboxylic acids is 1. The van der Waals surface area contributed by atoms with Crippen LogP contribution in [0.25, 0.3) is 0 Å². The second-order valence-corrected chi connectivity index (χ2v) is 3.49. The SMILES string of the molecule is C=CCN1CCCCCC1C(=O)O. The number of carboxylic acids is 1. The molecule has 1 unspecified atom stereocenters. The van der Waals surface area contributed by atoms with E-state index in [-0.39, 0.29) is 6.04 Å². The van der Waals surface area contributed by atoms with Crippen LogP contribution in [0.15, 0.2) is 12.7 Å². The lowest BCUT2D eigenvalue weighted by Gasteiger charge is -2.24. The van der Waals surface area contributed by atoms with Crippen molar-refractivity contribution in [3.63, 3.8) is 0 Å². The average molecular weight is 183 g/mol. The Hall–Kier alpha value is -0.830. The second-order valence-electron chi connectivity index (χ2n) is 3.49. The maximum atomic E-state index is 10.9. The Kier molecular flexibility index (Phi) is 3.96. The highest BCUT2D eigenvalue weighted by Crippen LogP contribution is 2.16. The highest BCUT2D eigenvalue weighted by molar-refractivity contribution is 5.73.